The maximum absolute atomic E-state index is 11.6. The molecule has 1 atom stereocenters. The number of aryl methyl sites for hydroxylation is 1. The van der Waals surface area contributed by atoms with Gasteiger partial charge in [0.25, 0.3) is 0 Å². The lowest BCUT2D eigenvalue weighted by Crippen LogP contribution is -2.34. The number of carbonyl (C=O) groups is 1. The summed E-state index contributed by atoms with van der Waals surface area (Å²) in [5.74, 6) is 1.67. The van der Waals surface area contributed by atoms with Gasteiger partial charge in [-0.1, -0.05) is 12.1 Å². The molecule has 2 aromatic rings. The summed E-state index contributed by atoms with van der Waals surface area (Å²) in [6, 6.07) is 9.56. The van der Waals surface area contributed by atoms with Crippen LogP contribution >= 0.6 is 0 Å². The van der Waals surface area contributed by atoms with E-state index in [0.29, 0.717) is 30.9 Å². The molecule has 1 aliphatic rings. The number of fused-ring (bicyclic) bond motifs is 1. The Morgan fingerprint density at radius 1 is 1.15 bits per heavy atom. The highest BCUT2D eigenvalue weighted by Gasteiger charge is 2.32. The fourth-order valence-corrected chi connectivity index (χ4v) is 3.72. The number of rotatable bonds is 7. The number of nitrogens with zero attached hydrogens (tertiary/aromatic N) is 1. The lowest BCUT2D eigenvalue weighted by molar-refractivity contribution is -0.120. The van der Waals surface area contributed by atoms with Gasteiger partial charge >= 0.3 is 0 Å². The van der Waals surface area contributed by atoms with Gasteiger partial charge in [-0.3, -0.25) is 4.79 Å². The molecule has 6 nitrogen and oxygen atoms in total. The molecule has 144 valence electrons. The second kappa shape index (κ2) is 8.20. The zero-order valence-electron chi connectivity index (χ0n) is 15.9. The van der Waals surface area contributed by atoms with Gasteiger partial charge in [-0.05, 0) is 48.6 Å². The van der Waals surface area contributed by atoms with E-state index in [4.69, 9.17) is 14.2 Å². The zero-order valence-corrected chi connectivity index (χ0v) is 15.9. The summed E-state index contributed by atoms with van der Waals surface area (Å²) in [6.45, 7) is 0.610. The summed E-state index contributed by atoms with van der Waals surface area (Å²) in [5.41, 5.74) is 2.89. The minimum absolute atomic E-state index is 0.0538. The normalized spacial score (nSPS) is 15.8. The monoisotopic (exact) mass is 371 g/mol. The number of amides is 1. The third kappa shape index (κ3) is 3.65. The Morgan fingerprint density at radius 3 is 2.48 bits per heavy atom. The van der Waals surface area contributed by atoms with E-state index in [2.05, 4.69) is 0 Å². The molecule has 6 heteroatoms. The van der Waals surface area contributed by atoms with E-state index in [1.165, 1.54) is 7.11 Å². The topological polar surface area (TPSA) is 68.2 Å². The van der Waals surface area contributed by atoms with Crippen molar-refractivity contribution >= 4 is 6.41 Å². The van der Waals surface area contributed by atoms with Crippen LogP contribution in [0.3, 0.4) is 0 Å². The maximum Gasteiger partial charge on any atom is 0.210 e. The predicted molar refractivity (Wildman–Crippen MR) is 102 cm³/mol. The second-order valence-corrected chi connectivity index (χ2v) is 6.53. The first-order valence-electron chi connectivity index (χ1n) is 8.93. The van der Waals surface area contributed by atoms with Crippen LogP contribution in [0.2, 0.25) is 0 Å². The summed E-state index contributed by atoms with van der Waals surface area (Å²) < 4.78 is 15.9. The number of methoxy groups -OCH3 is 3. The Morgan fingerprint density at radius 2 is 1.89 bits per heavy atom. The first-order valence-corrected chi connectivity index (χ1v) is 8.93. The predicted octanol–water partition coefficient (Wildman–Crippen LogP) is 3.11. The van der Waals surface area contributed by atoms with E-state index in [1.54, 1.807) is 19.1 Å². The van der Waals surface area contributed by atoms with Crippen LogP contribution in [0.25, 0.3) is 0 Å². The smallest absolute Gasteiger partial charge is 0.210 e. The van der Waals surface area contributed by atoms with Crippen molar-refractivity contribution in [3.63, 3.8) is 0 Å². The molecule has 2 aromatic carbocycles. The van der Waals surface area contributed by atoms with Crippen molar-refractivity contribution in [2.24, 2.45) is 0 Å². The molecular formula is C21H25NO5. The molecule has 1 aliphatic heterocycles. The molecule has 0 aliphatic carbocycles. The van der Waals surface area contributed by atoms with E-state index in [0.717, 1.165) is 35.3 Å². The number of ether oxygens (including phenoxy) is 3. The second-order valence-electron chi connectivity index (χ2n) is 6.53. The number of aromatic hydroxyl groups is 1. The van der Waals surface area contributed by atoms with Crippen molar-refractivity contribution in [2.75, 3.05) is 27.9 Å². The molecule has 3 rings (SSSR count). The Hall–Kier alpha value is -2.89. The average molecular weight is 371 g/mol. The van der Waals surface area contributed by atoms with Crippen LogP contribution < -0.4 is 14.2 Å². The third-order valence-electron chi connectivity index (χ3n) is 5.14. The molecule has 1 heterocycles. The van der Waals surface area contributed by atoms with Gasteiger partial charge in [0.2, 0.25) is 12.2 Å². The quantitative estimate of drug-likeness (QED) is 0.758. The Balaban J connectivity index is 1.92. The van der Waals surface area contributed by atoms with Crippen molar-refractivity contribution in [1.82, 2.24) is 4.90 Å². The fraction of sp³-hybridized carbons (Fsp3) is 0.381. The molecule has 0 saturated heterocycles. The van der Waals surface area contributed by atoms with Gasteiger partial charge in [0.15, 0.2) is 11.5 Å². The molecule has 0 fully saturated rings. The standard InChI is InChI=1S/C21H25NO5/c1-25-16-7-4-14(5-8-16)6-9-17-19-15(10-11-22(17)13-23)12-18(26-2)21(27-3)20(19)24/h4-5,7-8,12-13,17,24H,6,9-11H2,1-3H3. The van der Waals surface area contributed by atoms with Crippen molar-refractivity contribution in [3.8, 4) is 23.0 Å². The SMILES string of the molecule is COc1ccc(CCC2c3c(cc(OC)c(OC)c3O)CCN2C=O)cc1. The number of benzene rings is 2. The molecule has 0 radical (unpaired) electrons. The number of phenolic OH excluding ortho intramolecular Hbond substituents is 1. The number of carbonyl (C=O) groups excluding carboxylic acids is 1. The molecule has 0 aromatic heterocycles. The van der Waals surface area contributed by atoms with E-state index < -0.39 is 0 Å². The maximum atomic E-state index is 11.6. The van der Waals surface area contributed by atoms with Crippen molar-refractivity contribution in [1.29, 1.82) is 0 Å². The molecule has 1 N–H and O–H groups in total. The first kappa shape index (κ1) is 18.9. The molecule has 1 unspecified atom stereocenters. The van der Waals surface area contributed by atoms with Crippen LogP contribution in [-0.4, -0.2) is 44.3 Å². The van der Waals surface area contributed by atoms with Crippen LogP contribution in [0.4, 0.5) is 0 Å². The largest absolute Gasteiger partial charge is 0.504 e. The molecule has 0 saturated carbocycles. The van der Waals surface area contributed by atoms with Crippen molar-refractivity contribution in [3.05, 3.63) is 47.0 Å². The molecule has 0 spiro atoms. The molecule has 27 heavy (non-hydrogen) atoms. The Bertz CT molecular complexity index is 803. The third-order valence-corrected chi connectivity index (χ3v) is 5.14. The van der Waals surface area contributed by atoms with Gasteiger partial charge in [-0.2, -0.15) is 0 Å². The molecule has 1 amide bonds. The zero-order chi connectivity index (χ0) is 19.4. The van der Waals surface area contributed by atoms with Gasteiger partial charge in [0.1, 0.15) is 5.75 Å². The van der Waals surface area contributed by atoms with Gasteiger partial charge in [-0.25, -0.2) is 0 Å². The number of hydrogen-bond donors (Lipinski definition) is 1. The first-order chi connectivity index (χ1) is 13.1. The number of phenols is 1. The highest BCUT2D eigenvalue weighted by atomic mass is 16.5. The average Bonchev–Trinajstić information content (AvgIpc) is 2.71. The van der Waals surface area contributed by atoms with Gasteiger partial charge in [-0.15, -0.1) is 0 Å². The summed E-state index contributed by atoms with van der Waals surface area (Å²) in [4.78, 5) is 13.4. The summed E-state index contributed by atoms with van der Waals surface area (Å²) in [7, 11) is 4.68. The Labute approximate surface area is 159 Å². The minimum atomic E-state index is -0.215. The fourth-order valence-electron chi connectivity index (χ4n) is 3.72. The van der Waals surface area contributed by atoms with Crippen LogP contribution in [-0.2, 0) is 17.6 Å². The van der Waals surface area contributed by atoms with Crippen molar-refractivity contribution in [2.45, 2.75) is 25.3 Å². The van der Waals surface area contributed by atoms with Gasteiger partial charge < -0.3 is 24.2 Å². The van der Waals surface area contributed by atoms with E-state index >= 15 is 0 Å². The summed E-state index contributed by atoms with van der Waals surface area (Å²) in [6.07, 6.45) is 2.99. The van der Waals surface area contributed by atoms with E-state index in [9.17, 15) is 9.90 Å². The molecule has 0 bridgehead atoms. The van der Waals surface area contributed by atoms with Crippen LogP contribution in [0.15, 0.2) is 30.3 Å². The van der Waals surface area contributed by atoms with Crippen LogP contribution in [0, 0.1) is 0 Å². The lowest BCUT2D eigenvalue weighted by Gasteiger charge is -2.36. The minimum Gasteiger partial charge on any atom is -0.504 e. The van der Waals surface area contributed by atoms with Crippen molar-refractivity contribution < 1.29 is 24.1 Å². The van der Waals surface area contributed by atoms with Crippen LogP contribution in [0.1, 0.15) is 29.2 Å². The summed E-state index contributed by atoms with van der Waals surface area (Å²) in [5, 5.41) is 10.8. The van der Waals surface area contributed by atoms with Gasteiger partial charge in [0.05, 0.1) is 27.4 Å². The molecular weight excluding hydrogens is 346 g/mol. The van der Waals surface area contributed by atoms with Gasteiger partial charge in [0, 0.05) is 12.1 Å². The summed E-state index contributed by atoms with van der Waals surface area (Å²) >= 11 is 0. The van der Waals surface area contributed by atoms with E-state index in [1.807, 2.05) is 30.3 Å². The number of hydrogen-bond acceptors (Lipinski definition) is 5. The van der Waals surface area contributed by atoms with E-state index in [-0.39, 0.29) is 11.8 Å². The Kier molecular flexibility index (Phi) is 5.74. The lowest BCUT2D eigenvalue weighted by atomic mass is 9.88. The van der Waals surface area contributed by atoms with Crippen LogP contribution in [0.5, 0.6) is 23.0 Å². The highest BCUT2D eigenvalue weighted by molar-refractivity contribution is 5.62. The highest BCUT2D eigenvalue weighted by Crippen LogP contribution is 2.47.